The highest BCUT2D eigenvalue weighted by molar-refractivity contribution is 5.43. The predicted molar refractivity (Wildman–Crippen MR) is 56.0 cm³/mol. The highest BCUT2D eigenvalue weighted by atomic mass is 15.3. The Bertz CT molecular complexity index is 303. The number of nitrogens with zero attached hydrogens (tertiary/aromatic N) is 3. The normalized spacial score (nSPS) is 19.6. The van der Waals surface area contributed by atoms with Crippen molar-refractivity contribution in [2.24, 2.45) is 11.7 Å². The van der Waals surface area contributed by atoms with Gasteiger partial charge in [-0.15, -0.1) is 0 Å². The summed E-state index contributed by atoms with van der Waals surface area (Å²) in [5, 5.41) is 0. The summed E-state index contributed by atoms with van der Waals surface area (Å²) in [6.45, 7) is 6.11. The standard InChI is InChI=1S/C10H16N4/c1-8(2)10(11)5-14(6-10)9-3-4-12-7-13-9/h3-4,7-8H,5-6,11H2,1-2H3. The zero-order chi connectivity index (χ0) is 10.2. The van der Waals surface area contributed by atoms with Crippen LogP contribution in [-0.2, 0) is 0 Å². The topological polar surface area (TPSA) is 55.0 Å². The molecular weight excluding hydrogens is 176 g/mol. The summed E-state index contributed by atoms with van der Waals surface area (Å²) in [5.74, 6) is 1.49. The van der Waals surface area contributed by atoms with Gasteiger partial charge in [0.05, 0.1) is 5.54 Å². The molecule has 0 amide bonds. The minimum atomic E-state index is -0.0368. The predicted octanol–water partition coefficient (Wildman–Crippen LogP) is 0.650. The summed E-state index contributed by atoms with van der Waals surface area (Å²) in [5.41, 5.74) is 6.15. The lowest BCUT2D eigenvalue weighted by molar-refractivity contribution is 0.243. The van der Waals surface area contributed by atoms with Crippen molar-refractivity contribution in [2.75, 3.05) is 18.0 Å². The average molecular weight is 192 g/mol. The fourth-order valence-electron chi connectivity index (χ4n) is 1.66. The zero-order valence-corrected chi connectivity index (χ0v) is 8.64. The van der Waals surface area contributed by atoms with Crippen molar-refractivity contribution in [3.05, 3.63) is 18.6 Å². The third-order valence-corrected chi connectivity index (χ3v) is 3.01. The second-order valence-electron chi connectivity index (χ2n) is 4.31. The number of anilines is 1. The van der Waals surface area contributed by atoms with Crippen LogP contribution in [0.2, 0.25) is 0 Å². The summed E-state index contributed by atoms with van der Waals surface area (Å²) in [4.78, 5) is 10.3. The quantitative estimate of drug-likeness (QED) is 0.747. The molecule has 0 aromatic carbocycles. The van der Waals surface area contributed by atoms with Gasteiger partial charge in [-0.1, -0.05) is 13.8 Å². The lowest BCUT2D eigenvalue weighted by atomic mass is 9.80. The average Bonchev–Trinajstić information content (AvgIpc) is 2.14. The van der Waals surface area contributed by atoms with E-state index in [-0.39, 0.29) is 5.54 Å². The Morgan fingerprint density at radius 2 is 2.21 bits per heavy atom. The molecule has 0 radical (unpaired) electrons. The molecule has 1 aliphatic rings. The monoisotopic (exact) mass is 192 g/mol. The molecule has 1 saturated heterocycles. The molecular formula is C10H16N4. The van der Waals surface area contributed by atoms with Crippen LogP contribution in [0.3, 0.4) is 0 Å². The molecule has 4 nitrogen and oxygen atoms in total. The molecule has 4 heteroatoms. The van der Waals surface area contributed by atoms with E-state index in [0.717, 1.165) is 18.9 Å². The van der Waals surface area contributed by atoms with Crippen LogP contribution in [0.1, 0.15) is 13.8 Å². The molecule has 0 aliphatic carbocycles. The molecule has 2 N–H and O–H groups in total. The lowest BCUT2D eigenvalue weighted by Gasteiger charge is -2.50. The summed E-state index contributed by atoms with van der Waals surface area (Å²) in [6, 6.07) is 1.92. The molecule has 2 rings (SSSR count). The van der Waals surface area contributed by atoms with Crippen molar-refractivity contribution < 1.29 is 0 Å². The molecule has 0 unspecified atom stereocenters. The van der Waals surface area contributed by atoms with Gasteiger partial charge in [-0.05, 0) is 12.0 Å². The maximum atomic E-state index is 6.19. The summed E-state index contributed by atoms with van der Waals surface area (Å²) in [6.07, 6.45) is 3.33. The van der Waals surface area contributed by atoms with Gasteiger partial charge >= 0.3 is 0 Å². The van der Waals surface area contributed by atoms with Gasteiger partial charge in [-0.2, -0.15) is 0 Å². The van der Waals surface area contributed by atoms with Gasteiger partial charge < -0.3 is 10.6 Å². The van der Waals surface area contributed by atoms with Gasteiger partial charge in [0.25, 0.3) is 0 Å². The first-order chi connectivity index (χ1) is 6.62. The summed E-state index contributed by atoms with van der Waals surface area (Å²) >= 11 is 0. The fraction of sp³-hybridized carbons (Fsp3) is 0.600. The van der Waals surface area contributed by atoms with Crippen molar-refractivity contribution in [3.63, 3.8) is 0 Å². The van der Waals surface area contributed by atoms with Crippen LogP contribution in [0.5, 0.6) is 0 Å². The van der Waals surface area contributed by atoms with E-state index in [1.165, 1.54) is 0 Å². The van der Waals surface area contributed by atoms with Crippen LogP contribution < -0.4 is 10.6 Å². The van der Waals surface area contributed by atoms with Crippen molar-refractivity contribution in [1.82, 2.24) is 9.97 Å². The first-order valence-electron chi connectivity index (χ1n) is 4.92. The molecule has 0 atom stereocenters. The Morgan fingerprint density at radius 1 is 1.50 bits per heavy atom. The highest BCUT2D eigenvalue weighted by Crippen LogP contribution is 2.29. The number of aromatic nitrogens is 2. The van der Waals surface area contributed by atoms with E-state index in [1.807, 2.05) is 6.07 Å². The molecule has 2 heterocycles. The Kier molecular flexibility index (Phi) is 2.15. The Hall–Kier alpha value is -1.16. The maximum Gasteiger partial charge on any atom is 0.132 e. The molecule has 0 saturated carbocycles. The van der Waals surface area contributed by atoms with Crippen LogP contribution in [0.15, 0.2) is 18.6 Å². The minimum absolute atomic E-state index is 0.0368. The third kappa shape index (κ3) is 1.46. The molecule has 0 spiro atoms. The van der Waals surface area contributed by atoms with Crippen molar-refractivity contribution in [2.45, 2.75) is 19.4 Å². The van der Waals surface area contributed by atoms with E-state index in [4.69, 9.17) is 5.73 Å². The Balaban J connectivity index is 2.02. The van der Waals surface area contributed by atoms with E-state index in [9.17, 15) is 0 Å². The fourth-order valence-corrected chi connectivity index (χ4v) is 1.66. The smallest absolute Gasteiger partial charge is 0.132 e. The number of nitrogens with two attached hydrogens (primary N) is 1. The van der Waals surface area contributed by atoms with Crippen molar-refractivity contribution in [3.8, 4) is 0 Å². The molecule has 14 heavy (non-hydrogen) atoms. The van der Waals surface area contributed by atoms with E-state index in [2.05, 4.69) is 28.7 Å². The van der Waals surface area contributed by atoms with Gasteiger partial charge in [-0.25, -0.2) is 9.97 Å². The SMILES string of the molecule is CC(C)C1(N)CN(c2ccncn2)C1. The highest BCUT2D eigenvalue weighted by Gasteiger charge is 2.42. The van der Waals surface area contributed by atoms with Gasteiger partial charge in [0.2, 0.25) is 0 Å². The molecule has 1 aromatic rings. The van der Waals surface area contributed by atoms with E-state index < -0.39 is 0 Å². The largest absolute Gasteiger partial charge is 0.353 e. The van der Waals surface area contributed by atoms with Crippen LogP contribution in [0, 0.1) is 5.92 Å². The van der Waals surface area contributed by atoms with Gasteiger partial charge in [0, 0.05) is 19.3 Å². The van der Waals surface area contributed by atoms with E-state index in [1.54, 1.807) is 12.5 Å². The van der Waals surface area contributed by atoms with Crippen LogP contribution in [0.25, 0.3) is 0 Å². The minimum Gasteiger partial charge on any atom is -0.353 e. The summed E-state index contributed by atoms with van der Waals surface area (Å²) < 4.78 is 0. The summed E-state index contributed by atoms with van der Waals surface area (Å²) in [7, 11) is 0. The van der Waals surface area contributed by atoms with Gasteiger partial charge in [0.1, 0.15) is 12.1 Å². The second-order valence-corrected chi connectivity index (χ2v) is 4.31. The van der Waals surface area contributed by atoms with Crippen LogP contribution >= 0.6 is 0 Å². The molecule has 1 fully saturated rings. The number of hydrogen-bond donors (Lipinski definition) is 1. The van der Waals surface area contributed by atoms with Crippen LogP contribution in [-0.4, -0.2) is 28.6 Å². The van der Waals surface area contributed by atoms with Crippen molar-refractivity contribution in [1.29, 1.82) is 0 Å². The van der Waals surface area contributed by atoms with Crippen LogP contribution in [0.4, 0.5) is 5.82 Å². The van der Waals surface area contributed by atoms with Gasteiger partial charge in [0.15, 0.2) is 0 Å². The number of hydrogen-bond acceptors (Lipinski definition) is 4. The van der Waals surface area contributed by atoms with E-state index in [0.29, 0.717) is 5.92 Å². The molecule has 76 valence electrons. The first kappa shape index (κ1) is 9.40. The number of rotatable bonds is 2. The second kappa shape index (κ2) is 3.20. The first-order valence-corrected chi connectivity index (χ1v) is 4.92. The lowest BCUT2D eigenvalue weighted by Crippen LogP contribution is -2.70. The van der Waals surface area contributed by atoms with Crippen molar-refractivity contribution >= 4 is 5.82 Å². The Labute approximate surface area is 84.2 Å². The molecule has 1 aliphatic heterocycles. The van der Waals surface area contributed by atoms with E-state index >= 15 is 0 Å². The molecule has 0 bridgehead atoms. The maximum absolute atomic E-state index is 6.19. The Morgan fingerprint density at radius 3 is 2.71 bits per heavy atom. The third-order valence-electron chi connectivity index (χ3n) is 3.01. The van der Waals surface area contributed by atoms with Gasteiger partial charge in [-0.3, -0.25) is 0 Å². The zero-order valence-electron chi connectivity index (χ0n) is 8.64. The molecule has 1 aromatic heterocycles.